The molecule has 0 aliphatic carbocycles. The van der Waals surface area contributed by atoms with Crippen molar-refractivity contribution in [1.29, 1.82) is 0 Å². The van der Waals surface area contributed by atoms with Crippen molar-refractivity contribution in [2.45, 2.75) is 19.8 Å². The van der Waals surface area contributed by atoms with Crippen LogP contribution in [0.15, 0.2) is 36.9 Å². The number of imidazole rings is 1. The maximum Gasteiger partial charge on any atom is 0.138 e. The number of hydrogen-bond acceptors (Lipinski definition) is 2. The predicted octanol–water partition coefficient (Wildman–Crippen LogP) is 2.39. The summed E-state index contributed by atoms with van der Waals surface area (Å²) in [7, 11) is 0. The van der Waals surface area contributed by atoms with Gasteiger partial charge in [0.1, 0.15) is 12.1 Å². The SMILES string of the molecule is CC(C)c1cccc(-n2ccnc2)n1. The number of aromatic nitrogens is 3. The lowest BCUT2D eigenvalue weighted by Gasteiger charge is -2.06. The second-order valence-electron chi connectivity index (χ2n) is 3.55. The highest BCUT2D eigenvalue weighted by Gasteiger charge is 2.02. The van der Waals surface area contributed by atoms with E-state index < -0.39 is 0 Å². The fourth-order valence-electron chi connectivity index (χ4n) is 1.30. The summed E-state index contributed by atoms with van der Waals surface area (Å²) in [4.78, 5) is 8.53. The summed E-state index contributed by atoms with van der Waals surface area (Å²) < 4.78 is 1.91. The lowest BCUT2D eigenvalue weighted by Crippen LogP contribution is -1.99. The summed E-state index contributed by atoms with van der Waals surface area (Å²) in [6.45, 7) is 4.28. The first-order valence-corrected chi connectivity index (χ1v) is 4.72. The Kier molecular flexibility index (Phi) is 2.31. The summed E-state index contributed by atoms with van der Waals surface area (Å²) in [6, 6.07) is 6.05. The summed E-state index contributed by atoms with van der Waals surface area (Å²) >= 11 is 0. The Morgan fingerprint density at radius 3 is 2.79 bits per heavy atom. The molecule has 0 amide bonds. The summed E-state index contributed by atoms with van der Waals surface area (Å²) in [5.74, 6) is 1.38. The van der Waals surface area contributed by atoms with E-state index in [2.05, 4.69) is 23.8 Å². The second-order valence-corrected chi connectivity index (χ2v) is 3.55. The summed E-state index contributed by atoms with van der Waals surface area (Å²) in [6.07, 6.45) is 5.41. The van der Waals surface area contributed by atoms with Crippen molar-refractivity contribution < 1.29 is 0 Å². The average molecular weight is 187 g/mol. The largest absolute Gasteiger partial charge is 0.291 e. The molecule has 0 aliphatic heterocycles. The summed E-state index contributed by atoms with van der Waals surface area (Å²) in [5, 5.41) is 0. The molecule has 0 unspecified atom stereocenters. The third-order valence-corrected chi connectivity index (χ3v) is 2.12. The van der Waals surface area contributed by atoms with Crippen LogP contribution in [0.3, 0.4) is 0 Å². The van der Waals surface area contributed by atoms with Crippen molar-refractivity contribution in [2.75, 3.05) is 0 Å². The molecule has 0 atom stereocenters. The Morgan fingerprint density at radius 1 is 1.29 bits per heavy atom. The summed E-state index contributed by atoms with van der Waals surface area (Å²) in [5.41, 5.74) is 1.11. The Bertz CT molecular complexity index is 404. The van der Waals surface area contributed by atoms with E-state index >= 15 is 0 Å². The molecule has 0 saturated carbocycles. The highest BCUT2D eigenvalue weighted by atomic mass is 15.1. The van der Waals surface area contributed by atoms with E-state index in [1.54, 1.807) is 12.5 Å². The van der Waals surface area contributed by atoms with E-state index in [9.17, 15) is 0 Å². The van der Waals surface area contributed by atoms with Gasteiger partial charge in [0.05, 0.1) is 0 Å². The van der Waals surface area contributed by atoms with Crippen LogP contribution in [0.2, 0.25) is 0 Å². The maximum atomic E-state index is 4.54. The van der Waals surface area contributed by atoms with E-state index in [-0.39, 0.29) is 0 Å². The fourth-order valence-corrected chi connectivity index (χ4v) is 1.30. The molecule has 0 fully saturated rings. The molecule has 14 heavy (non-hydrogen) atoms. The van der Waals surface area contributed by atoms with E-state index in [1.807, 2.05) is 29.0 Å². The molecule has 0 aliphatic rings. The average Bonchev–Trinajstić information content (AvgIpc) is 2.71. The van der Waals surface area contributed by atoms with Crippen LogP contribution in [0.5, 0.6) is 0 Å². The van der Waals surface area contributed by atoms with Crippen LogP contribution in [0.1, 0.15) is 25.5 Å². The Labute approximate surface area is 83.4 Å². The minimum Gasteiger partial charge on any atom is -0.291 e. The lowest BCUT2D eigenvalue weighted by molar-refractivity contribution is 0.809. The minimum absolute atomic E-state index is 0.457. The molecular weight excluding hydrogens is 174 g/mol. The first kappa shape index (κ1) is 8.94. The van der Waals surface area contributed by atoms with Gasteiger partial charge in [0.25, 0.3) is 0 Å². The standard InChI is InChI=1S/C11H13N3/c1-9(2)10-4-3-5-11(13-10)14-7-6-12-8-14/h3-9H,1-2H3. The van der Waals surface area contributed by atoms with Gasteiger partial charge in [-0.25, -0.2) is 9.97 Å². The van der Waals surface area contributed by atoms with Gasteiger partial charge >= 0.3 is 0 Å². The zero-order valence-corrected chi connectivity index (χ0v) is 8.38. The van der Waals surface area contributed by atoms with Gasteiger partial charge in [-0.05, 0) is 18.1 Å². The molecule has 72 valence electrons. The second kappa shape index (κ2) is 3.62. The smallest absolute Gasteiger partial charge is 0.138 e. The maximum absolute atomic E-state index is 4.54. The topological polar surface area (TPSA) is 30.7 Å². The van der Waals surface area contributed by atoms with Crippen LogP contribution in [0.4, 0.5) is 0 Å². The Balaban J connectivity index is 2.41. The van der Waals surface area contributed by atoms with Crippen LogP contribution in [-0.2, 0) is 0 Å². The third-order valence-electron chi connectivity index (χ3n) is 2.12. The highest BCUT2D eigenvalue weighted by Crippen LogP contribution is 2.13. The van der Waals surface area contributed by atoms with E-state index in [0.29, 0.717) is 5.92 Å². The molecule has 2 heterocycles. The quantitative estimate of drug-likeness (QED) is 0.722. The third kappa shape index (κ3) is 1.66. The van der Waals surface area contributed by atoms with Gasteiger partial charge < -0.3 is 0 Å². The number of rotatable bonds is 2. The minimum atomic E-state index is 0.457. The van der Waals surface area contributed by atoms with Crippen LogP contribution >= 0.6 is 0 Å². The zero-order valence-electron chi connectivity index (χ0n) is 8.38. The van der Waals surface area contributed by atoms with Gasteiger partial charge in [-0.1, -0.05) is 19.9 Å². The highest BCUT2D eigenvalue weighted by molar-refractivity contribution is 5.25. The molecule has 0 N–H and O–H groups in total. The van der Waals surface area contributed by atoms with Crippen molar-refractivity contribution >= 4 is 0 Å². The molecule has 0 spiro atoms. The molecule has 2 aromatic heterocycles. The Hall–Kier alpha value is -1.64. The van der Waals surface area contributed by atoms with E-state index in [0.717, 1.165) is 11.5 Å². The number of pyridine rings is 1. The molecule has 0 saturated heterocycles. The van der Waals surface area contributed by atoms with Gasteiger partial charge in [0.2, 0.25) is 0 Å². The molecule has 0 aromatic carbocycles. The van der Waals surface area contributed by atoms with Gasteiger partial charge in [-0.3, -0.25) is 4.57 Å². The van der Waals surface area contributed by atoms with Gasteiger partial charge in [-0.2, -0.15) is 0 Å². The normalized spacial score (nSPS) is 10.8. The molecule has 0 bridgehead atoms. The van der Waals surface area contributed by atoms with Crippen molar-refractivity contribution in [3.05, 3.63) is 42.6 Å². The predicted molar refractivity (Wildman–Crippen MR) is 55.4 cm³/mol. The van der Waals surface area contributed by atoms with Crippen LogP contribution in [0.25, 0.3) is 5.82 Å². The van der Waals surface area contributed by atoms with Crippen LogP contribution in [-0.4, -0.2) is 14.5 Å². The number of nitrogens with zero attached hydrogens (tertiary/aromatic N) is 3. The van der Waals surface area contributed by atoms with Gasteiger partial charge in [-0.15, -0.1) is 0 Å². The molecule has 3 nitrogen and oxygen atoms in total. The van der Waals surface area contributed by atoms with Crippen molar-refractivity contribution in [1.82, 2.24) is 14.5 Å². The Morgan fingerprint density at radius 2 is 2.14 bits per heavy atom. The van der Waals surface area contributed by atoms with E-state index in [4.69, 9.17) is 0 Å². The van der Waals surface area contributed by atoms with Gasteiger partial charge in [0.15, 0.2) is 0 Å². The monoisotopic (exact) mass is 187 g/mol. The molecule has 0 radical (unpaired) electrons. The van der Waals surface area contributed by atoms with E-state index in [1.165, 1.54) is 0 Å². The van der Waals surface area contributed by atoms with Crippen molar-refractivity contribution in [3.63, 3.8) is 0 Å². The first-order valence-electron chi connectivity index (χ1n) is 4.72. The fraction of sp³-hybridized carbons (Fsp3) is 0.273. The molecular formula is C11H13N3. The lowest BCUT2D eigenvalue weighted by atomic mass is 10.1. The molecule has 2 aromatic rings. The van der Waals surface area contributed by atoms with Crippen molar-refractivity contribution in [3.8, 4) is 5.82 Å². The van der Waals surface area contributed by atoms with Crippen LogP contribution < -0.4 is 0 Å². The zero-order chi connectivity index (χ0) is 9.97. The molecule has 3 heteroatoms. The van der Waals surface area contributed by atoms with Gasteiger partial charge in [0, 0.05) is 18.1 Å². The van der Waals surface area contributed by atoms with Crippen LogP contribution in [0, 0.1) is 0 Å². The molecule has 2 rings (SSSR count). The number of hydrogen-bond donors (Lipinski definition) is 0. The first-order chi connectivity index (χ1) is 6.77. The van der Waals surface area contributed by atoms with Crippen molar-refractivity contribution in [2.24, 2.45) is 0 Å².